The van der Waals surface area contributed by atoms with Crippen molar-refractivity contribution in [1.29, 1.82) is 0 Å². The van der Waals surface area contributed by atoms with Crippen molar-refractivity contribution in [2.75, 3.05) is 41.1 Å². The van der Waals surface area contributed by atoms with Crippen LogP contribution in [0.3, 0.4) is 0 Å². The summed E-state index contributed by atoms with van der Waals surface area (Å²) in [4.78, 5) is 47.0. The van der Waals surface area contributed by atoms with Gasteiger partial charge in [-0.1, -0.05) is 27.0 Å². The van der Waals surface area contributed by atoms with E-state index in [-0.39, 0.29) is 0 Å². The van der Waals surface area contributed by atoms with Gasteiger partial charge in [0.25, 0.3) is 0 Å². The van der Waals surface area contributed by atoms with Gasteiger partial charge in [-0.25, -0.2) is 9.59 Å². The molecule has 0 aromatic carbocycles. The lowest BCUT2D eigenvalue weighted by atomic mass is 10.0. The average molecular weight is 491 g/mol. The van der Waals surface area contributed by atoms with E-state index >= 15 is 0 Å². The number of hydrogen-bond donors (Lipinski definition) is 0. The number of pyridine rings is 1. The molecule has 0 aliphatic carbocycles. The van der Waals surface area contributed by atoms with Gasteiger partial charge in [0.2, 0.25) is 6.79 Å². The maximum atomic E-state index is 12.4. The molecule has 0 N–H and O–H groups in total. The van der Waals surface area contributed by atoms with Crippen molar-refractivity contribution < 1.29 is 28.6 Å². The van der Waals surface area contributed by atoms with Crippen molar-refractivity contribution in [1.82, 2.24) is 14.8 Å². The Hall–Kier alpha value is -3.69. The summed E-state index contributed by atoms with van der Waals surface area (Å²) in [5.41, 5.74) is 2.11. The molecular weight excluding hydrogens is 452 g/mol. The molecule has 0 saturated heterocycles. The molecule has 0 aliphatic heterocycles. The first-order valence-corrected chi connectivity index (χ1v) is 11.3. The first kappa shape index (κ1) is 31.3. The van der Waals surface area contributed by atoms with Gasteiger partial charge in [0, 0.05) is 63.8 Å². The second-order valence-electron chi connectivity index (χ2n) is 7.11. The quantitative estimate of drug-likeness (QED) is 0.245. The number of carbonyl (C=O) groups excluding carboxylic acids is 3. The molecule has 1 aromatic heterocycles. The van der Waals surface area contributed by atoms with Crippen LogP contribution in [0.15, 0.2) is 48.8 Å². The topological polar surface area (TPSA) is 111 Å². The van der Waals surface area contributed by atoms with E-state index in [2.05, 4.69) is 27.9 Å². The minimum Gasteiger partial charge on any atom is -0.453 e. The normalized spacial score (nSPS) is 11.2. The van der Waals surface area contributed by atoms with Gasteiger partial charge < -0.3 is 24.0 Å². The van der Waals surface area contributed by atoms with Crippen LogP contribution in [-0.4, -0.2) is 79.7 Å². The highest BCUT2D eigenvalue weighted by Gasteiger charge is 2.19. The van der Waals surface area contributed by atoms with Crippen LogP contribution in [0.4, 0.5) is 9.59 Å². The zero-order valence-corrected chi connectivity index (χ0v) is 21.7. The predicted molar refractivity (Wildman–Crippen MR) is 135 cm³/mol. The van der Waals surface area contributed by atoms with Crippen molar-refractivity contribution in [3.05, 3.63) is 55.0 Å². The predicted octanol–water partition coefficient (Wildman–Crippen LogP) is 4.18. The Bertz CT molecular complexity index is 871. The number of nitrogens with zero attached hydrogens (tertiary/aromatic N) is 4. The van der Waals surface area contributed by atoms with Gasteiger partial charge in [-0.3, -0.25) is 14.8 Å². The van der Waals surface area contributed by atoms with Crippen molar-refractivity contribution in [2.45, 2.75) is 39.5 Å². The fourth-order valence-corrected chi connectivity index (χ4v) is 2.65. The number of carbonyl (C=O) groups is 3. The highest BCUT2D eigenvalue weighted by molar-refractivity contribution is 5.95. The first-order chi connectivity index (χ1) is 16.7. The molecule has 0 saturated carbocycles. The molecule has 0 radical (unpaired) electrons. The number of likely N-dealkylation sites (N-methyl/N-ethyl adjacent to an activating group) is 1. The van der Waals surface area contributed by atoms with Crippen LogP contribution in [0.2, 0.25) is 0 Å². The van der Waals surface area contributed by atoms with Gasteiger partial charge in [0.15, 0.2) is 0 Å². The molecule has 2 amide bonds. The molecule has 10 heteroatoms. The van der Waals surface area contributed by atoms with Crippen LogP contribution in [0.1, 0.15) is 44.4 Å². The Morgan fingerprint density at radius 3 is 2.37 bits per heavy atom. The molecule has 194 valence electrons. The lowest BCUT2D eigenvalue weighted by molar-refractivity contribution is -0.153. The van der Waals surface area contributed by atoms with Crippen LogP contribution < -0.4 is 0 Å². The third-order valence-corrected chi connectivity index (χ3v) is 4.78. The molecule has 10 nitrogen and oxygen atoms in total. The Kier molecular flexibility index (Phi) is 15.9. The van der Waals surface area contributed by atoms with Crippen LogP contribution in [0.25, 0.3) is 0 Å². The molecule has 0 aliphatic rings. The lowest BCUT2D eigenvalue weighted by Gasteiger charge is -2.18. The number of rotatable bonds is 12. The summed E-state index contributed by atoms with van der Waals surface area (Å²) >= 11 is 0. The van der Waals surface area contributed by atoms with Crippen LogP contribution in [0, 0.1) is 0 Å². The summed E-state index contributed by atoms with van der Waals surface area (Å²) < 4.78 is 14.8. The van der Waals surface area contributed by atoms with Crippen molar-refractivity contribution in [3.8, 4) is 0 Å². The summed E-state index contributed by atoms with van der Waals surface area (Å²) in [6, 6.07) is 3.49. The SMILES string of the molecule is C=CN=C(C=C)CCN(C)C(=O)OCOC(=O)C(C)c1ccnc(CCN(C)C(=O)OC)c1.CC. The van der Waals surface area contributed by atoms with Crippen LogP contribution >= 0.6 is 0 Å². The minimum absolute atomic E-state index is 0.354. The Labute approximate surface area is 208 Å². The highest BCUT2D eigenvalue weighted by atomic mass is 16.7. The Morgan fingerprint density at radius 2 is 1.77 bits per heavy atom. The van der Waals surface area contributed by atoms with Gasteiger partial charge >= 0.3 is 18.2 Å². The Morgan fingerprint density at radius 1 is 1.11 bits per heavy atom. The monoisotopic (exact) mass is 490 g/mol. The van der Waals surface area contributed by atoms with Gasteiger partial charge in [-0.05, 0) is 30.7 Å². The summed E-state index contributed by atoms with van der Waals surface area (Å²) in [7, 11) is 4.51. The number of hydrogen-bond acceptors (Lipinski definition) is 8. The largest absolute Gasteiger partial charge is 0.453 e. The molecule has 0 spiro atoms. The van der Waals surface area contributed by atoms with E-state index in [0.29, 0.717) is 37.2 Å². The molecule has 1 atom stereocenters. The van der Waals surface area contributed by atoms with Crippen molar-refractivity contribution in [3.63, 3.8) is 0 Å². The number of esters is 1. The van der Waals surface area contributed by atoms with Crippen molar-refractivity contribution in [2.24, 2.45) is 4.99 Å². The number of methoxy groups -OCH3 is 1. The average Bonchev–Trinajstić information content (AvgIpc) is 2.89. The van der Waals surface area contributed by atoms with E-state index in [1.165, 1.54) is 23.1 Å². The van der Waals surface area contributed by atoms with E-state index in [4.69, 9.17) is 9.47 Å². The molecule has 1 rings (SSSR count). The summed E-state index contributed by atoms with van der Waals surface area (Å²) in [6.45, 7) is 13.1. The summed E-state index contributed by atoms with van der Waals surface area (Å²) in [5, 5.41) is 0. The number of aliphatic imine (C=N–C) groups is 1. The third-order valence-electron chi connectivity index (χ3n) is 4.78. The fraction of sp³-hybridized carbons (Fsp3) is 0.480. The van der Waals surface area contributed by atoms with Gasteiger partial charge in [-0.15, -0.1) is 0 Å². The molecule has 1 heterocycles. The highest BCUT2D eigenvalue weighted by Crippen LogP contribution is 2.17. The standard InChI is InChI=1S/C23H32N4O6.C2H6/c1-7-19(24-8-2)10-13-27(5)23(30)33-16-32-21(28)17(3)18-9-12-25-20(15-18)11-14-26(4)22(29)31-6;1-2/h7-9,12,15,17H,1-2,10-11,13-14,16H2,3-6H3;1-2H3. The molecule has 1 unspecified atom stereocenters. The number of ether oxygens (including phenoxy) is 3. The molecule has 0 fully saturated rings. The van der Waals surface area contributed by atoms with Crippen LogP contribution in [0.5, 0.6) is 0 Å². The maximum absolute atomic E-state index is 12.4. The number of amides is 2. The zero-order chi connectivity index (χ0) is 26.8. The maximum Gasteiger partial charge on any atom is 0.412 e. The number of aromatic nitrogens is 1. The number of allylic oxidation sites excluding steroid dienone is 1. The van der Waals surface area contributed by atoms with Crippen molar-refractivity contribution >= 4 is 23.9 Å². The minimum atomic E-state index is -0.626. The molecular formula is C25H38N4O6. The van der Waals surface area contributed by atoms with Gasteiger partial charge in [0.05, 0.1) is 13.0 Å². The molecule has 35 heavy (non-hydrogen) atoms. The lowest BCUT2D eigenvalue weighted by Crippen LogP contribution is -2.30. The molecule has 0 bridgehead atoms. The van der Waals surface area contributed by atoms with E-state index in [1.807, 2.05) is 13.8 Å². The van der Waals surface area contributed by atoms with E-state index < -0.39 is 30.9 Å². The van der Waals surface area contributed by atoms with E-state index in [1.54, 1.807) is 45.4 Å². The van der Waals surface area contributed by atoms with E-state index in [0.717, 1.165) is 5.69 Å². The fourth-order valence-electron chi connectivity index (χ4n) is 2.65. The smallest absolute Gasteiger partial charge is 0.412 e. The first-order valence-electron chi connectivity index (χ1n) is 11.3. The van der Waals surface area contributed by atoms with Gasteiger partial charge in [0.1, 0.15) is 0 Å². The summed E-state index contributed by atoms with van der Waals surface area (Å²) in [6.07, 6.45) is 4.50. The van der Waals surface area contributed by atoms with E-state index in [9.17, 15) is 14.4 Å². The molecule has 1 aromatic rings. The summed E-state index contributed by atoms with van der Waals surface area (Å²) in [5.74, 6) is -1.13. The van der Waals surface area contributed by atoms with Gasteiger partial charge in [-0.2, -0.15) is 0 Å². The Balaban J connectivity index is 0.00000562. The third kappa shape index (κ3) is 11.8. The zero-order valence-electron chi connectivity index (χ0n) is 21.7. The van der Waals surface area contributed by atoms with Crippen LogP contribution in [-0.2, 0) is 25.4 Å². The second-order valence-corrected chi connectivity index (χ2v) is 7.11. The second kappa shape index (κ2) is 17.7.